The van der Waals surface area contributed by atoms with Gasteiger partial charge in [-0.05, 0) is 47.9 Å². The second kappa shape index (κ2) is 6.71. The highest BCUT2D eigenvalue weighted by molar-refractivity contribution is 7.10. The van der Waals surface area contributed by atoms with Crippen molar-refractivity contribution in [1.82, 2.24) is 15.2 Å². The number of aryl methyl sites for hydroxylation is 1. The second-order valence-electron chi connectivity index (χ2n) is 6.42. The van der Waals surface area contributed by atoms with E-state index < -0.39 is 0 Å². The minimum absolute atomic E-state index is 0.00519. The summed E-state index contributed by atoms with van der Waals surface area (Å²) in [5.41, 5.74) is 3.36. The first-order valence-corrected chi connectivity index (χ1v) is 8.96. The number of hydrogen-bond acceptors (Lipinski definition) is 3. The maximum Gasteiger partial charge on any atom is 0.318 e. The molecule has 0 aliphatic carbocycles. The van der Waals surface area contributed by atoms with E-state index in [1.165, 1.54) is 10.4 Å². The van der Waals surface area contributed by atoms with Crippen LogP contribution in [-0.4, -0.2) is 22.5 Å². The van der Waals surface area contributed by atoms with E-state index in [4.69, 9.17) is 0 Å². The Morgan fingerprint density at radius 2 is 2.22 bits per heavy atom. The number of nitrogens with zero attached hydrogens (tertiary/aromatic N) is 2. The molecule has 3 rings (SSSR count). The first kappa shape index (κ1) is 16.0. The molecule has 2 aromatic heterocycles. The molecule has 1 N–H and O–H groups in total. The van der Waals surface area contributed by atoms with Crippen LogP contribution in [0, 0.1) is 12.8 Å². The lowest BCUT2D eigenvalue weighted by atomic mass is 9.97. The molecule has 2 amide bonds. The van der Waals surface area contributed by atoms with Crippen molar-refractivity contribution < 1.29 is 4.79 Å². The zero-order valence-electron chi connectivity index (χ0n) is 13.9. The number of aromatic nitrogens is 1. The van der Waals surface area contributed by atoms with Crippen LogP contribution in [0.25, 0.3) is 0 Å². The van der Waals surface area contributed by atoms with Crippen molar-refractivity contribution in [3.8, 4) is 0 Å². The van der Waals surface area contributed by atoms with E-state index in [1.54, 1.807) is 17.5 Å². The van der Waals surface area contributed by atoms with Crippen molar-refractivity contribution in [3.63, 3.8) is 0 Å². The molecule has 2 aromatic rings. The van der Waals surface area contributed by atoms with Crippen LogP contribution in [0.2, 0.25) is 0 Å². The van der Waals surface area contributed by atoms with Crippen LogP contribution >= 0.6 is 11.3 Å². The van der Waals surface area contributed by atoms with Crippen LogP contribution in [0.4, 0.5) is 4.79 Å². The molecule has 1 aliphatic heterocycles. The topological polar surface area (TPSA) is 45.2 Å². The lowest BCUT2D eigenvalue weighted by molar-refractivity contribution is 0.184. The van der Waals surface area contributed by atoms with Crippen LogP contribution in [0.15, 0.2) is 29.8 Å². The van der Waals surface area contributed by atoms with Gasteiger partial charge >= 0.3 is 6.03 Å². The zero-order valence-corrected chi connectivity index (χ0v) is 14.7. The third kappa shape index (κ3) is 3.39. The number of thiophene rings is 1. The fourth-order valence-electron chi connectivity index (χ4n) is 3.02. The monoisotopic (exact) mass is 329 g/mol. The fraction of sp³-hybridized carbons (Fsp3) is 0.444. The van der Waals surface area contributed by atoms with E-state index in [2.05, 4.69) is 35.6 Å². The summed E-state index contributed by atoms with van der Waals surface area (Å²) in [4.78, 5) is 20.5. The normalized spacial score (nSPS) is 15.4. The molecule has 3 heterocycles. The molecule has 1 aliphatic rings. The van der Waals surface area contributed by atoms with Gasteiger partial charge in [-0.25, -0.2) is 4.79 Å². The van der Waals surface area contributed by atoms with Gasteiger partial charge in [-0.3, -0.25) is 4.98 Å². The van der Waals surface area contributed by atoms with E-state index in [9.17, 15) is 4.79 Å². The molecular formula is C18H23N3OS. The zero-order chi connectivity index (χ0) is 16.4. The van der Waals surface area contributed by atoms with Crippen LogP contribution in [0.5, 0.6) is 0 Å². The van der Waals surface area contributed by atoms with Crippen molar-refractivity contribution in [3.05, 3.63) is 51.5 Å². The van der Waals surface area contributed by atoms with E-state index >= 15 is 0 Å². The molecule has 1 unspecified atom stereocenters. The van der Waals surface area contributed by atoms with Gasteiger partial charge in [0.2, 0.25) is 0 Å². The highest BCUT2D eigenvalue weighted by atomic mass is 32.1. The first-order chi connectivity index (χ1) is 11.1. The number of hydrogen-bond donors (Lipinski definition) is 1. The van der Waals surface area contributed by atoms with Gasteiger partial charge in [-0.1, -0.05) is 19.9 Å². The lowest BCUT2D eigenvalue weighted by Crippen LogP contribution is -2.45. The number of fused-ring (bicyclic) bond motifs is 1. The number of carbonyl (C=O) groups is 1. The predicted octanol–water partition coefficient (Wildman–Crippen LogP) is 3.92. The smallest absolute Gasteiger partial charge is 0.318 e. The molecule has 0 spiro atoms. The molecule has 0 radical (unpaired) electrons. The van der Waals surface area contributed by atoms with Crippen molar-refractivity contribution in [2.24, 2.45) is 5.92 Å². The summed E-state index contributed by atoms with van der Waals surface area (Å²) in [5.74, 6) is 0.286. The Hall–Kier alpha value is -1.88. The number of rotatable bonds is 3. The molecule has 122 valence electrons. The van der Waals surface area contributed by atoms with E-state index in [0.717, 1.165) is 24.2 Å². The highest BCUT2D eigenvalue weighted by Crippen LogP contribution is 2.26. The molecule has 0 saturated heterocycles. The number of urea groups is 1. The Kier molecular flexibility index (Phi) is 4.66. The Morgan fingerprint density at radius 3 is 2.96 bits per heavy atom. The number of amides is 2. The Morgan fingerprint density at radius 1 is 1.39 bits per heavy atom. The van der Waals surface area contributed by atoms with Gasteiger partial charge in [0, 0.05) is 24.2 Å². The van der Waals surface area contributed by atoms with Crippen molar-refractivity contribution in [2.45, 2.75) is 39.8 Å². The average Bonchev–Trinajstić information content (AvgIpc) is 3.00. The molecule has 0 aromatic carbocycles. The summed E-state index contributed by atoms with van der Waals surface area (Å²) < 4.78 is 0. The SMILES string of the molecule is Cc1cccnc1C(NC(=O)N1CCc2sccc2C1)C(C)C. The van der Waals surface area contributed by atoms with Gasteiger partial charge in [0.25, 0.3) is 0 Å². The van der Waals surface area contributed by atoms with Crippen molar-refractivity contribution >= 4 is 17.4 Å². The van der Waals surface area contributed by atoms with E-state index in [-0.39, 0.29) is 18.0 Å². The minimum atomic E-state index is -0.0624. The molecule has 0 saturated carbocycles. The van der Waals surface area contributed by atoms with Crippen molar-refractivity contribution in [1.29, 1.82) is 0 Å². The molecule has 5 heteroatoms. The van der Waals surface area contributed by atoms with Gasteiger partial charge in [0.05, 0.1) is 11.7 Å². The maximum absolute atomic E-state index is 12.7. The largest absolute Gasteiger partial charge is 0.329 e. The van der Waals surface area contributed by atoms with Gasteiger partial charge < -0.3 is 10.2 Å². The molecule has 4 nitrogen and oxygen atoms in total. The van der Waals surface area contributed by atoms with E-state index in [0.29, 0.717) is 6.54 Å². The van der Waals surface area contributed by atoms with E-state index in [1.807, 2.05) is 24.0 Å². The quantitative estimate of drug-likeness (QED) is 0.928. The third-order valence-electron chi connectivity index (χ3n) is 4.39. The average molecular weight is 329 g/mol. The minimum Gasteiger partial charge on any atom is -0.329 e. The third-order valence-corrected chi connectivity index (χ3v) is 5.41. The molecule has 0 fully saturated rings. The summed E-state index contributed by atoms with van der Waals surface area (Å²) in [5, 5.41) is 5.31. The van der Waals surface area contributed by atoms with Gasteiger partial charge in [-0.15, -0.1) is 11.3 Å². The summed E-state index contributed by atoms with van der Waals surface area (Å²) in [6.45, 7) is 7.77. The highest BCUT2D eigenvalue weighted by Gasteiger charge is 2.26. The number of nitrogens with one attached hydrogen (secondary N) is 1. The Balaban J connectivity index is 1.74. The van der Waals surface area contributed by atoms with Crippen molar-refractivity contribution in [2.75, 3.05) is 6.54 Å². The molecular weight excluding hydrogens is 306 g/mol. The van der Waals surface area contributed by atoms with Gasteiger partial charge in [0.15, 0.2) is 0 Å². The summed E-state index contributed by atoms with van der Waals surface area (Å²) in [6.07, 6.45) is 2.75. The van der Waals surface area contributed by atoms with Crippen LogP contribution in [0.1, 0.15) is 41.6 Å². The Labute approximate surface area is 141 Å². The Bertz CT molecular complexity index is 695. The van der Waals surface area contributed by atoms with Crippen LogP contribution in [-0.2, 0) is 13.0 Å². The number of carbonyl (C=O) groups excluding carboxylic acids is 1. The lowest BCUT2D eigenvalue weighted by Gasteiger charge is -2.31. The fourth-order valence-corrected chi connectivity index (χ4v) is 3.91. The summed E-state index contributed by atoms with van der Waals surface area (Å²) >= 11 is 1.79. The molecule has 1 atom stereocenters. The number of pyridine rings is 1. The standard InChI is InChI=1S/C18H23N3OS/c1-12(2)16(17-13(3)5-4-8-19-17)20-18(22)21-9-6-15-14(11-21)7-10-23-15/h4-5,7-8,10,12,16H,6,9,11H2,1-3H3,(H,20,22). The molecule has 0 bridgehead atoms. The summed E-state index contributed by atoms with van der Waals surface area (Å²) in [6, 6.07) is 6.05. The molecule has 23 heavy (non-hydrogen) atoms. The second-order valence-corrected chi connectivity index (χ2v) is 7.42. The van der Waals surface area contributed by atoms with Gasteiger partial charge in [0.1, 0.15) is 0 Å². The maximum atomic E-state index is 12.7. The first-order valence-electron chi connectivity index (χ1n) is 8.08. The van der Waals surface area contributed by atoms with Crippen LogP contribution in [0.3, 0.4) is 0 Å². The van der Waals surface area contributed by atoms with Crippen LogP contribution < -0.4 is 5.32 Å². The summed E-state index contributed by atoms with van der Waals surface area (Å²) in [7, 11) is 0. The predicted molar refractivity (Wildman–Crippen MR) is 93.5 cm³/mol. The van der Waals surface area contributed by atoms with Gasteiger partial charge in [-0.2, -0.15) is 0 Å².